The van der Waals surface area contributed by atoms with Gasteiger partial charge in [-0.05, 0) is 65.1 Å². The lowest BCUT2D eigenvalue weighted by atomic mass is 10.0. The Morgan fingerprint density at radius 3 is 2.47 bits per heavy atom. The summed E-state index contributed by atoms with van der Waals surface area (Å²) in [7, 11) is 0. The Morgan fingerprint density at radius 2 is 1.89 bits per heavy atom. The molecule has 1 unspecified atom stereocenters. The number of nitrogens with one attached hydrogen (secondary N) is 1. The molecular weight excluding hydrogens is 342 g/mol. The maximum Gasteiger partial charge on any atom is 0.0701 e. The Labute approximate surface area is 132 Å². The summed E-state index contributed by atoms with van der Waals surface area (Å²) in [5, 5.41) is 4.36. The normalized spacial score (nSPS) is 12.6. The van der Waals surface area contributed by atoms with E-state index in [4.69, 9.17) is 11.6 Å². The average molecular weight is 359 g/mol. The molecule has 0 aliphatic heterocycles. The summed E-state index contributed by atoms with van der Waals surface area (Å²) in [5.74, 6) is 0. The maximum atomic E-state index is 5.92. The van der Waals surface area contributed by atoms with Crippen molar-refractivity contribution in [1.29, 1.82) is 0 Å². The first-order valence-electron chi connectivity index (χ1n) is 6.39. The second kappa shape index (κ2) is 7.44. The molecule has 0 aliphatic rings. The fourth-order valence-corrected chi connectivity index (χ4v) is 3.80. The lowest BCUT2D eigenvalue weighted by Gasteiger charge is -2.17. The van der Waals surface area contributed by atoms with Gasteiger partial charge in [-0.1, -0.05) is 30.7 Å². The van der Waals surface area contributed by atoms with Crippen LogP contribution in [0.25, 0.3) is 0 Å². The predicted octanol–water partition coefficient (Wildman–Crippen LogP) is 4.93. The molecule has 1 heterocycles. The highest BCUT2D eigenvalue weighted by Gasteiger charge is 2.11. The number of thiophene rings is 1. The molecular formula is C15H17BrClNS. The Kier molecular flexibility index (Phi) is 5.89. The highest BCUT2D eigenvalue weighted by molar-refractivity contribution is 9.11. The minimum atomic E-state index is 0.469. The molecule has 0 saturated carbocycles. The minimum absolute atomic E-state index is 0.469. The molecule has 4 heteroatoms. The molecule has 0 aliphatic carbocycles. The summed E-state index contributed by atoms with van der Waals surface area (Å²) in [6, 6.07) is 12.9. The second-order valence-corrected chi connectivity index (χ2v) is 7.48. The van der Waals surface area contributed by atoms with Crippen molar-refractivity contribution in [3.63, 3.8) is 0 Å². The quantitative estimate of drug-likeness (QED) is 0.772. The van der Waals surface area contributed by atoms with Crippen molar-refractivity contribution in [3.8, 4) is 0 Å². The molecule has 1 aromatic carbocycles. The van der Waals surface area contributed by atoms with Crippen LogP contribution >= 0.6 is 38.9 Å². The van der Waals surface area contributed by atoms with Gasteiger partial charge in [0.2, 0.25) is 0 Å². The van der Waals surface area contributed by atoms with Crippen LogP contribution in [0.5, 0.6) is 0 Å². The molecule has 1 nitrogen and oxygen atoms in total. The topological polar surface area (TPSA) is 12.0 Å². The second-order valence-electron chi connectivity index (χ2n) is 4.50. The number of hydrogen-bond donors (Lipinski definition) is 1. The van der Waals surface area contributed by atoms with Gasteiger partial charge in [-0.2, -0.15) is 0 Å². The summed E-state index contributed by atoms with van der Waals surface area (Å²) in [4.78, 5) is 1.41. The van der Waals surface area contributed by atoms with E-state index in [9.17, 15) is 0 Å². The number of likely N-dealkylation sites (N-methyl/N-ethyl adjacent to an activating group) is 1. The fourth-order valence-electron chi connectivity index (χ4n) is 2.11. The van der Waals surface area contributed by atoms with Gasteiger partial charge >= 0.3 is 0 Å². The molecule has 19 heavy (non-hydrogen) atoms. The van der Waals surface area contributed by atoms with E-state index in [2.05, 4.69) is 52.4 Å². The van der Waals surface area contributed by atoms with E-state index in [0.717, 1.165) is 24.4 Å². The van der Waals surface area contributed by atoms with E-state index >= 15 is 0 Å². The van der Waals surface area contributed by atoms with Gasteiger partial charge in [0.15, 0.2) is 0 Å². The lowest BCUT2D eigenvalue weighted by Crippen LogP contribution is -2.32. The Bertz CT molecular complexity index is 509. The van der Waals surface area contributed by atoms with Crippen molar-refractivity contribution < 1.29 is 0 Å². The van der Waals surface area contributed by atoms with E-state index in [-0.39, 0.29) is 0 Å². The highest BCUT2D eigenvalue weighted by atomic mass is 79.9. The van der Waals surface area contributed by atoms with Gasteiger partial charge in [0.05, 0.1) is 3.79 Å². The predicted molar refractivity (Wildman–Crippen MR) is 88.3 cm³/mol. The van der Waals surface area contributed by atoms with Crippen LogP contribution in [-0.4, -0.2) is 12.6 Å². The van der Waals surface area contributed by atoms with Gasteiger partial charge < -0.3 is 5.32 Å². The molecule has 0 spiro atoms. The standard InChI is InChI=1S/C15H17BrClNS/c1-2-18-13(10-14-7-8-15(16)19-14)9-11-3-5-12(17)6-4-11/h3-8,13,18H,2,9-10H2,1H3. The highest BCUT2D eigenvalue weighted by Crippen LogP contribution is 2.24. The van der Waals surface area contributed by atoms with Gasteiger partial charge in [0.1, 0.15) is 0 Å². The zero-order chi connectivity index (χ0) is 13.7. The van der Waals surface area contributed by atoms with Gasteiger partial charge in [0.25, 0.3) is 0 Å². The van der Waals surface area contributed by atoms with Crippen LogP contribution in [0.4, 0.5) is 0 Å². The Balaban J connectivity index is 2.01. The summed E-state index contributed by atoms with van der Waals surface area (Å²) in [6.07, 6.45) is 2.09. The molecule has 1 aromatic heterocycles. The molecule has 1 N–H and O–H groups in total. The molecule has 0 bridgehead atoms. The van der Waals surface area contributed by atoms with Gasteiger partial charge in [-0.25, -0.2) is 0 Å². The summed E-state index contributed by atoms with van der Waals surface area (Å²) < 4.78 is 1.20. The van der Waals surface area contributed by atoms with Crippen molar-refractivity contribution in [3.05, 3.63) is 55.6 Å². The Hall–Kier alpha value is -0.350. The van der Waals surface area contributed by atoms with Crippen LogP contribution in [0.2, 0.25) is 5.02 Å². The van der Waals surface area contributed by atoms with Crippen LogP contribution in [0.15, 0.2) is 40.2 Å². The summed E-state index contributed by atoms with van der Waals surface area (Å²) in [6.45, 7) is 3.14. The average Bonchev–Trinajstić information content (AvgIpc) is 2.78. The molecule has 1 atom stereocenters. The van der Waals surface area contributed by atoms with Crippen molar-refractivity contribution in [2.24, 2.45) is 0 Å². The monoisotopic (exact) mass is 357 g/mol. The number of hydrogen-bond acceptors (Lipinski definition) is 2. The van der Waals surface area contributed by atoms with Crippen molar-refractivity contribution >= 4 is 38.9 Å². The maximum absolute atomic E-state index is 5.92. The molecule has 0 fully saturated rings. The number of halogens is 2. The van der Waals surface area contributed by atoms with Crippen molar-refractivity contribution in [2.45, 2.75) is 25.8 Å². The molecule has 2 aromatic rings. The molecule has 102 valence electrons. The van der Waals surface area contributed by atoms with Crippen molar-refractivity contribution in [2.75, 3.05) is 6.54 Å². The van der Waals surface area contributed by atoms with Crippen LogP contribution in [0, 0.1) is 0 Å². The minimum Gasteiger partial charge on any atom is -0.314 e. The lowest BCUT2D eigenvalue weighted by molar-refractivity contribution is 0.524. The third-order valence-corrected chi connectivity index (χ3v) is 4.86. The zero-order valence-corrected chi connectivity index (χ0v) is 14.0. The van der Waals surface area contributed by atoms with Crippen LogP contribution in [0.1, 0.15) is 17.4 Å². The van der Waals surface area contributed by atoms with Crippen LogP contribution < -0.4 is 5.32 Å². The summed E-state index contributed by atoms with van der Waals surface area (Å²) >= 11 is 11.3. The molecule has 0 amide bonds. The molecule has 0 saturated heterocycles. The van der Waals surface area contributed by atoms with E-state index in [1.165, 1.54) is 14.2 Å². The first kappa shape index (κ1) is 15.0. The van der Waals surface area contributed by atoms with Gasteiger partial charge in [0, 0.05) is 15.9 Å². The Morgan fingerprint density at radius 1 is 1.16 bits per heavy atom. The van der Waals surface area contributed by atoms with E-state index < -0.39 is 0 Å². The zero-order valence-electron chi connectivity index (χ0n) is 10.8. The first-order chi connectivity index (χ1) is 9.17. The van der Waals surface area contributed by atoms with Crippen LogP contribution in [-0.2, 0) is 12.8 Å². The third-order valence-electron chi connectivity index (χ3n) is 2.96. The van der Waals surface area contributed by atoms with Crippen LogP contribution in [0.3, 0.4) is 0 Å². The number of rotatable bonds is 6. The molecule has 0 radical (unpaired) electrons. The van der Waals surface area contributed by atoms with Gasteiger partial charge in [-0.15, -0.1) is 11.3 Å². The first-order valence-corrected chi connectivity index (χ1v) is 8.38. The van der Waals surface area contributed by atoms with Gasteiger partial charge in [-0.3, -0.25) is 0 Å². The van der Waals surface area contributed by atoms with E-state index in [1.54, 1.807) is 0 Å². The molecule has 2 rings (SSSR count). The smallest absolute Gasteiger partial charge is 0.0701 e. The summed E-state index contributed by atoms with van der Waals surface area (Å²) in [5.41, 5.74) is 1.32. The largest absolute Gasteiger partial charge is 0.314 e. The number of benzene rings is 1. The third kappa shape index (κ3) is 4.92. The van der Waals surface area contributed by atoms with E-state index in [0.29, 0.717) is 6.04 Å². The van der Waals surface area contributed by atoms with E-state index in [1.807, 2.05) is 23.5 Å². The SMILES string of the molecule is CCNC(Cc1ccc(Cl)cc1)Cc1ccc(Br)s1. The fraction of sp³-hybridized carbons (Fsp3) is 0.333. The van der Waals surface area contributed by atoms with Crippen molar-refractivity contribution in [1.82, 2.24) is 5.32 Å².